The monoisotopic (exact) mass is 256 g/mol. The molecule has 5 heteroatoms. The Labute approximate surface area is 104 Å². The van der Waals surface area contributed by atoms with Gasteiger partial charge in [-0.15, -0.1) is 0 Å². The Hall–Kier alpha value is -1.13. The molecular weight excluding hydrogens is 243 g/mol. The summed E-state index contributed by atoms with van der Waals surface area (Å²) in [6, 6.07) is 3.92. The van der Waals surface area contributed by atoms with Crippen LogP contribution in [0.2, 0.25) is 5.02 Å². The summed E-state index contributed by atoms with van der Waals surface area (Å²) in [5.41, 5.74) is -0.125. The lowest BCUT2D eigenvalue weighted by molar-refractivity contribution is -0.123. The summed E-state index contributed by atoms with van der Waals surface area (Å²) in [5, 5.41) is 6.16. The Morgan fingerprint density at radius 1 is 1.59 bits per heavy atom. The topological polar surface area (TPSA) is 41.1 Å². The molecule has 0 saturated carbocycles. The number of hydrogen-bond acceptors (Lipinski definition) is 2. The molecule has 0 bridgehead atoms. The van der Waals surface area contributed by atoms with Gasteiger partial charge < -0.3 is 10.6 Å². The van der Waals surface area contributed by atoms with Gasteiger partial charge in [0, 0.05) is 6.54 Å². The lowest BCUT2D eigenvalue weighted by atomic mass is 9.89. The van der Waals surface area contributed by atoms with Crippen LogP contribution < -0.4 is 10.6 Å². The largest absolute Gasteiger partial charge is 0.324 e. The molecule has 1 aromatic rings. The molecule has 1 saturated heterocycles. The number of halogens is 2. The minimum Gasteiger partial charge on any atom is -0.324 e. The first-order valence-electron chi connectivity index (χ1n) is 5.48. The molecule has 1 aliphatic heterocycles. The van der Waals surface area contributed by atoms with Crippen molar-refractivity contribution in [3.05, 3.63) is 29.0 Å². The third-order valence-corrected chi connectivity index (χ3v) is 3.42. The summed E-state index contributed by atoms with van der Waals surface area (Å²) >= 11 is 5.90. The molecule has 1 fully saturated rings. The van der Waals surface area contributed by atoms with Gasteiger partial charge in [0.25, 0.3) is 0 Å². The van der Waals surface area contributed by atoms with Crippen LogP contribution in [-0.4, -0.2) is 19.0 Å². The Morgan fingerprint density at radius 3 is 3.00 bits per heavy atom. The van der Waals surface area contributed by atoms with Gasteiger partial charge in [-0.25, -0.2) is 4.39 Å². The number of nitrogens with one attached hydrogen (secondary N) is 2. The number of amides is 1. The van der Waals surface area contributed by atoms with Crippen molar-refractivity contribution in [2.24, 2.45) is 5.41 Å². The van der Waals surface area contributed by atoms with Crippen molar-refractivity contribution < 1.29 is 9.18 Å². The number of benzene rings is 1. The van der Waals surface area contributed by atoms with Crippen molar-refractivity contribution in [2.75, 3.05) is 18.4 Å². The molecule has 0 aromatic heterocycles. The molecule has 92 valence electrons. The molecule has 2 N–H and O–H groups in total. The van der Waals surface area contributed by atoms with E-state index >= 15 is 0 Å². The second-order valence-electron chi connectivity index (χ2n) is 4.57. The molecule has 2 rings (SSSR count). The predicted octanol–water partition coefficient (Wildman–Crippen LogP) is 2.42. The minimum absolute atomic E-state index is 0.130. The van der Waals surface area contributed by atoms with Gasteiger partial charge in [-0.2, -0.15) is 0 Å². The fraction of sp³-hybridized carbons (Fsp3) is 0.417. The fourth-order valence-electron chi connectivity index (χ4n) is 1.88. The van der Waals surface area contributed by atoms with E-state index in [-0.39, 0.29) is 5.91 Å². The van der Waals surface area contributed by atoms with E-state index in [4.69, 9.17) is 11.6 Å². The first kappa shape index (κ1) is 12.3. The average Bonchev–Trinajstić information content (AvgIpc) is 2.72. The molecular formula is C12H14ClFN2O. The van der Waals surface area contributed by atoms with Crippen LogP contribution in [0.3, 0.4) is 0 Å². The highest BCUT2D eigenvalue weighted by Crippen LogP contribution is 2.29. The number of hydrogen-bond donors (Lipinski definition) is 2. The molecule has 3 nitrogen and oxygen atoms in total. The molecule has 1 aromatic carbocycles. The summed E-state index contributed by atoms with van der Waals surface area (Å²) in [6.45, 7) is 3.34. The van der Waals surface area contributed by atoms with Gasteiger partial charge in [-0.05, 0) is 38.1 Å². The normalized spacial score (nSPS) is 23.7. The van der Waals surface area contributed by atoms with E-state index in [1.54, 1.807) is 0 Å². The van der Waals surface area contributed by atoms with E-state index in [2.05, 4.69) is 10.6 Å². The average molecular weight is 257 g/mol. The van der Waals surface area contributed by atoms with E-state index in [0.717, 1.165) is 13.0 Å². The zero-order valence-electron chi connectivity index (χ0n) is 9.52. The maximum atomic E-state index is 13.0. The SMILES string of the molecule is CC1(C(=O)Nc2cc(F)ccc2Cl)CCNC1. The van der Waals surface area contributed by atoms with Gasteiger partial charge in [-0.1, -0.05) is 11.6 Å². The van der Waals surface area contributed by atoms with E-state index in [1.807, 2.05) is 6.92 Å². The third kappa shape index (κ3) is 2.58. The van der Waals surface area contributed by atoms with Crippen LogP contribution in [0, 0.1) is 11.2 Å². The van der Waals surface area contributed by atoms with E-state index < -0.39 is 11.2 Å². The number of carbonyl (C=O) groups is 1. The number of anilines is 1. The summed E-state index contributed by atoms with van der Waals surface area (Å²) in [6.07, 6.45) is 0.770. The van der Waals surface area contributed by atoms with Crippen LogP contribution in [0.1, 0.15) is 13.3 Å². The second-order valence-corrected chi connectivity index (χ2v) is 4.97. The molecule has 1 unspecified atom stereocenters. The fourth-order valence-corrected chi connectivity index (χ4v) is 2.04. The molecule has 0 radical (unpaired) electrons. The van der Waals surface area contributed by atoms with Gasteiger partial charge in [-0.3, -0.25) is 4.79 Å². The molecule has 1 aliphatic rings. The lowest BCUT2D eigenvalue weighted by Gasteiger charge is -2.21. The standard InChI is InChI=1S/C12H14ClFN2O/c1-12(4-5-15-7-12)11(17)16-10-6-8(14)2-3-9(10)13/h2-3,6,15H,4-5,7H2,1H3,(H,16,17). The van der Waals surface area contributed by atoms with Crippen LogP contribution in [0.4, 0.5) is 10.1 Å². The van der Waals surface area contributed by atoms with E-state index in [1.165, 1.54) is 18.2 Å². The van der Waals surface area contributed by atoms with Crippen LogP contribution in [0.5, 0.6) is 0 Å². The van der Waals surface area contributed by atoms with Crippen molar-refractivity contribution in [3.63, 3.8) is 0 Å². The Bertz CT molecular complexity index is 444. The summed E-state index contributed by atoms with van der Waals surface area (Å²) < 4.78 is 13.0. The minimum atomic E-state index is -0.449. The van der Waals surface area contributed by atoms with E-state index in [9.17, 15) is 9.18 Å². The quantitative estimate of drug-likeness (QED) is 0.853. The highest BCUT2D eigenvalue weighted by molar-refractivity contribution is 6.33. The van der Waals surface area contributed by atoms with Gasteiger partial charge >= 0.3 is 0 Å². The lowest BCUT2D eigenvalue weighted by Crippen LogP contribution is -2.35. The van der Waals surface area contributed by atoms with Crippen molar-refractivity contribution in [2.45, 2.75) is 13.3 Å². The van der Waals surface area contributed by atoms with E-state index in [0.29, 0.717) is 17.3 Å². The molecule has 1 amide bonds. The number of rotatable bonds is 2. The third-order valence-electron chi connectivity index (χ3n) is 3.09. The van der Waals surface area contributed by atoms with Crippen LogP contribution >= 0.6 is 11.6 Å². The first-order chi connectivity index (χ1) is 8.01. The Kier molecular flexibility index (Phi) is 3.35. The maximum absolute atomic E-state index is 13.0. The van der Waals surface area contributed by atoms with Crippen LogP contribution in [0.15, 0.2) is 18.2 Å². The zero-order valence-corrected chi connectivity index (χ0v) is 10.3. The maximum Gasteiger partial charge on any atom is 0.231 e. The molecule has 17 heavy (non-hydrogen) atoms. The van der Waals surface area contributed by atoms with Gasteiger partial charge in [0.1, 0.15) is 5.82 Å². The zero-order chi connectivity index (χ0) is 12.5. The second kappa shape index (κ2) is 4.63. The smallest absolute Gasteiger partial charge is 0.231 e. The molecule has 1 atom stereocenters. The Balaban J connectivity index is 2.15. The number of carbonyl (C=O) groups excluding carboxylic acids is 1. The highest BCUT2D eigenvalue weighted by Gasteiger charge is 2.36. The first-order valence-corrected chi connectivity index (χ1v) is 5.86. The molecule has 0 aliphatic carbocycles. The molecule has 1 heterocycles. The van der Waals surface area contributed by atoms with Crippen molar-refractivity contribution in [1.29, 1.82) is 0 Å². The van der Waals surface area contributed by atoms with Crippen LogP contribution in [0.25, 0.3) is 0 Å². The van der Waals surface area contributed by atoms with Gasteiger partial charge in [0.15, 0.2) is 0 Å². The van der Waals surface area contributed by atoms with Crippen molar-refractivity contribution in [1.82, 2.24) is 5.32 Å². The van der Waals surface area contributed by atoms with Gasteiger partial charge in [0.05, 0.1) is 16.1 Å². The van der Waals surface area contributed by atoms with Gasteiger partial charge in [0.2, 0.25) is 5.91 Å². The van der Waals surface area contributed by atoms with Crippen molar-refractivity contribution in [3.8, 4) is 0 Å². The van der Waals surface area contributed by atoms with Crippen molar-refractivity contribution >= 4 is 23.2 Å². The summed E-state index contributed by atoms with van der Waals surface area (Å²) in [7, 11) is 0. The summed E-state index contributed by atoms with van der Waals surface area (Å²) in [5.74, 6) is -0.547. The summed E-state index contributed by atoms with van der Waals surface area (Å²) in [4.78, 5) is 12.1. The predicted molar refractivity (Wildman–Crippen MR) is 65.6 cm³/mol. The highest BCUT2D eigenvalue weighted by atomic mass is 35.5. The Morgan fingerprint density at radius 2 is 2.35 bits per heavy atom. The van der Waals surface area contributed by atoms with Crippen LogP contribution in [-0.2, 0) is 4.79 Å². The molecule has 0 spiro atoms.